The van der Waals surface area contributed by atoms with Gasteiger partial charge in [0.2, 0.25) is 0 Å². The quantitative estimate of drug-likeness (QED) is 0.653. The van der Waals surface area contributed by atoms with Crippen molar-refractivity contribution in [3.63, 3.8) is 0 Å². The first-order valence-corrected chi connectivity index (χ1v) is 3.98. The van der Waals surface area contributed by atoms with E-state index >= 15 is 0 Å². The first kappa shape index (κ1) is 7.86. The van der Waals surface area contributed by atoms with Crippen LogP contribution in [-0.4, -0.2) is 15.0 Å². The van der Waals surface area contributed by atoms with Gasteiger partial charge in [-0.1, -0.05) is 0 Å². The lowest BCUT2D eigenvalue weighted by molar-refractivity contribution is 1.13. The van der Waals surface area contributed by atoms with Gasteiger partial charge >= 0.3 is 0 Å². The second kappa shape index (κ2) is 3.31. The molecule has 0 aliphatic rings. The molecule has 2 heterocycles. The molecule has 3 heteroatoms. The predicted octanol–water partition coefficient (Wildman–Crippen LogP) is 1.65. The Bertz CT molecular complexity index is 381. The lowest BCUT2D eigenvalue weighted by atomic mass is 10.2. The molecule has 0 spiro atoms. The lowest BCUT2D eigenvalue weighted by Gasteiger charge is -1.96. The van der Waals surface area contributed by atoms with Crippen molar-refractivity contribution in [2.24, 2.45) is 0 Å². The Balaban J connectivity index is 2.42. The highest BCUT2D eigenvalue weighted by atomic mass is 14.9. The van der Waals surface area contributed by atoms with Gasteiger partial charge in [-0.2, -0.15) is 0 Å². The van der Waals surface area contributed by atoms with Crippen molar-refractivity contribution in [2.75, 3.05) is 0 Å². The Kier molecular flexibility index (Phi) is 2.00. The minimum Gasteiger partial charge on any atom is -0.252 e. The van der Waals surface area contributed by atoms with Crippen LogP contribution >= 0.6 is 0 Å². The van der Waals surface area contributed by atoms with Crippen molar-refractivity contribution in [2.45, 2.75) is 6.92 Å². The van der Waals surface area contributed by atoms with Crippen LogP contribution in [0.1, 0.15) is 5.56 Å². The zero-order valence-electron chi connectivity index (χ0n) is 7.23. The molecule has 0 atom stereocenters. The Morgan fingerprint density at radius 3 is 2.54 bits per heavy atom. The molecule has 0 saturated heterocycles. The summed E-state index contributed by atoms with van der Waals surface area (Å²) in [5, 5.41) is 0. The third kappa shape index (κ3) is 1.69. The second-order valence-electron chi connectivity index (χ2n) is 2.71. The summed E-state index contributed by atoms with van der Waals surface area (Å²) in [5.41, 5.74) is 1.77. The Morgan fingerprint density at radius 1 is 1.15 bits per heavy atom. The average Bonchev–Trinajstić information content (AvgIpc) is 2.20. The molecule has 13 heavy (non-hydrogen) atoms. The number of rotatable bonds is 1. The SMILES string of the molecule is Cc1c[c]c(-c2ncccn2)nc1. The van der Waals surface area contributed by atoms with Crippen LogP contribution in [0.5, 0.6) is 0 Å². The van der Waals surface area contributed by atoms with E-state index in [-0.39, 0.29) is 0 Å². The fourth-order valence-corrected chi connectivity index (χ4v) is 0.967. The average molecular weight is 170 g/mol. The molecule has 0 bridgehead atoms. The minimum absolute atomic E-state index is 0.613. The van der Waals surface area contributed by atoms with Crippen molar-refractivity contribution in [3.8, 4) is 11.5 Å². The molecule has 0 aliphatic heterocycles. The molecule has 0 aromatic carbocycles. The molecule has 0 N–H and O–H groups in total. The number of pyridine rings is 1. The van der Waals surface area contributed by atoms with E-state index in [0.717, 1.165) is 5.56 Å². The van der Waals surface area contributed by atoms with Gasteiger partial charge in [-0.25, -0.2) is 9.97 Å². The highest BCUT2D eigenvalue weighted by Crippen LogP contribution is 2.08. The summed E-state index contributed by atoms with van der Waals surface area (Å²) in [6, 6.07) is 6.67. The summed E-state index contributed by atoms with van der Waals surface area (Å²) >= 11 is 0. The first-order chi connectivity index (χ1) is 6.36. The molecule has 2 rings (SSSR count). The number of aryl methyl sites for hydroxylation is 1. The van der Waals surface area contributed by atoms with Crippen LogP contribution in [0, 0.1) is 13.0 Å². The maximum Gasteiger partial charge on any atom is 0.178 e. The van der Waals surface area contributed by atoms with E-state index in [0.29, 0.717) is 11.5 Å². The Labute approximate surface area is 76.5 Å². The second-order valence-corrected chi connectivity index (χ2v) is 2.71. The van der Waals surface area contributed by atoms with E-state index < -0.39 is 0 Å². The third-order valence-electron chi connectivity index (χ3n) is 1.61. The number of hydrogen-bond acceptors (Lipinski definition) is 3. The Morgan fingerprint density at radius 2 is 1.92 bits per heavy atom. The van der Waals surface area contributed by atoms with Crippen molar-refractivity contribution in [3.05, 3.63) is 42.4 Å². The van der Waals surface area contributed by atoms with Gasteiger partial charge in [0.15, 0.2) is 5.82 Å². The molecular formula is C10H8N3. The molecule has 1 radical (unpaired) electrons. The topological polar surface area (TPSA) is 38.7 Å². The van der Waals surface area contributed by atoms with Crippen molar-refractivity contribution in [1.29, 1.82) is 0 Å². The lowest BCUT2D eigenvalue weighted by Crippen LogP contribution is -1.90. The summed E-state index contributed by atoms with van der Waals surface area (Å²) in [6.07, 6.45) is 5.16. The van der Waals surface area contributed by atoms with Crippen LogP contribution in [0.4, 0.5) is 0 Å². The number of aromatic nitrogens is 3. The van der Waals surface area contributed by atoms with E-state index in [2.05, 4.69) is 21.0 Å². The van der Waals surface area contributed by atoms with E-state index in [1.807, 2.05) is 13.0 Å². The molecule has 0 aliphatic carbocycles. The van der Waals surface area contributed by atoms with Crippen LogP contribution in [0.15, 0.2) is 30.7 Å². The first-order valence-electron chi connectivity index (χ1n) is 3.98. The standard InChI is InChI=1S/C10H8N3/c1-8-3-4-9(13-7-8)10-11-5-2-6-12-10/h2-3,5-7H,1H3. The molecule has 63 valence electrons. The van der Waals surface area contributed by atoms with Crippen LogP contribution in [0.3, 0.4) is 0 Å². The van der Waals surface area contributed by atoms with Crippen molar-refractivity contribution < 1.29 is 0 Å². The molecule has 3 nitrogen and oxygen atoms in total. The highest BCUT2D eigenvalue weighted by molar-refractivity contribution is 5.47. The fourth-order valence-electron chi connectivity index (χ4n) is 0.967. The van der Waals surface area contributed by atoms with Crippen molar-refractivity contribution in [1.82, 2.24) is 15.0 Å². The summed E-state index contributed by atoms with van der Waals surface area (Å²) < 4.78 is 0. The Hall–Kier alpha value is -1.77. The zero-order chi connectivity index (χ0) is 9.10. The van der Waals surface area contributed by atoms with Crippen LogP contribution in [0.2, 0.25) is 0 Å². The van der Waals surface area contributed by atoms with Crippen molar-refractivity contribution >= 4 is 0 Å². The van der Waals surface area contributed by atoms with Gasteiger partial charge in [0.1, 0.15) is 5.69 Å². The van der Waals surface area contributed by atoms with Gasteiger partial charge in [0, 0.05) is 24.7 Å². The molecule has 0 amide bonds. The summed E-state index contributed by atoms with van der Waals surface area (Å²) in [4.78, 5) is 12.3. The monoisotopic (exact) mass is 170 g/mol. The molecule has 0 unspecified atom stereocenters. The predicted molar refractivity (Wildman–Crippen MR) is 48.8 cm³/mol. The molecule has 2 aromatic rings. The maximum absolute atomic E-state index is 4.17. The smallest absolute Gasteiger partial charge is 0.178 e. The number of nitrogens with zero attached hydrogens (tertiary/aromatic N) is 3. The van der Waals surface area contributed by atoms with E-state index in [1.165, 1.54) is 0 Å². The molecule has 2 aromatic heterocycles. The van der Waals surface area contributed by atoms with Gasteiger partial charge in [0.05, 0.1) is 0 Å². The van der Waals surface area contributed by atoms with E-state index in [4.69, 9.17) is 0 Å². The van der Waals surface area contributed by atoms with E-state index in [1.54, 1.807) is 24.7 Å². The highest BCUT2D eigenvalue weighted by Gasteiger charge is 1.99. The zero-order valence-corrected chi connectivity index (χ0v) is 7.23. The largest absolute Gasteiger partial charge is 0.252 e. The molecular weight excluding hydrogens is 162 g/mol. The number of hydrogen-bond donors (Lipinski definition) is 0. The van der Waals surface area contributed by atoms with Gasteiger partial charge < -0.3 is 0 Å². The third-order valence-corrected chi connectivity index (χ3v) is 1.61. The van der Waals surface area contributed by atoms with E-state index in [9.17, 15) is 0 Å². The summed E-state index contributed by atoms with van der Waals surface area (Å²) in [7, 11) is 0. The molecule has 0 saturated carbocycles. The van der Waals surface area contributed by atoms with Crippen LogP contribution < -0.4 is 0 Å². The maximum atomic E-state index is 4.17. The molecule has 0 fully saturated rings. The normalized spacial score (nSPS) is 9.92. The van der Waals surface area contributed by atoms with Gasteiger partial charge in [-0.3, -0.25) is 4.98 Å². The van der Waals surface area contributed by atoms with Crippen LogP contribution in [-0.2, 0) is 0 Å². The fraction of sp³-hybridized carbons (Fsp3) is 0.100. The van der Waals surface area contributed by atoms with Gasteiger partial charge in [-0.15, -0.1) is 0 Å². The minimum atomic E-state index is 0.613. The summed E-state index contributed by atoms with van der Waals surface area (Å²) in [5.74, 6) is 0.613. The van der Waals surface area contributed by atoms with Gasteiger partial charge in [-0.05, 0) is 24.6 Å². The van der Waals surface area contributed by atoms with Gasteiger partial charge in [0.25, 0.3) is 0 Å². The summed E-state index contributed by atoms with van der Waals surface area (Å²) in [6.45, 7) is 1.97. The van der Waals surface area contributed by atoms with Crippen LogP contribution in [0.25, 0.3) is 11.5 Å².